The standard InChI is InChI=1S/C13H15N3O/c1-2-4-12-10(3-1)7-11(12)8-14-6-5-13-15-9-16-17-13/h1-4,9,11,14H,5-8H2. The first kappa shape index (κ1) is 10.5. The topological polar surface area (TPSA) is 51.0 Å². The van der Waals surface area contributed by atoms with Gasteiger partial charge in [0.05, 0.1) is 0 Å². The van der Waals surface area contributed by atoms with Crippen LogP contribution in [0.15, 0.2) is 35.1 Å². The number of fused-ring (bicyclic) bond motifs is 1. The zero-order valence-electron chi connectivity index (χ0n) is 9.60. The van der Waals surface area contributed by atoms with E-state index < -0.39 is 0 Å². The molecule has 2 aromatic rings. The van der Waals surface area contributed by atoms with Crippen molar-refractivity contribution in [2.75, 3.05) is 13.1 Å². The Kier molecular flexibility index (Phi) is 2.88. The highest BCUT2D eigenvalue weighted by molar-refractivity contribution is 5.40. The van der Waals surface area contributed by atoms with E-state index in [2.05, 4.69) is 39.7 Å². The summed E-state index contributed by atoms with van der Waals surface area (Å²) >= 11 is 0. The van der Waals surface area contributed by atoms with E-state index in [0.29, 0.717) is 11.8 Å². The van der Waals surface area contributed by atoms with Crippen molar-refractivity contribution in [2.45, 2.75) is 18.8 Å². The van der Waals surface area contributed by atoms with Gasteiger partial charge in [0.25, 0.3) is 0 Å². The molecule has 1 aromatic carbocycles. The zero-order chi connectivity index (χ0) is 11.5. The Morgan fingerprint density at radius 2 is 2.29 bits per heavy atom. The Hall–Kier alpha value is -1.68. The number of nitrogens with one attached hydrogen (secondary N) is 1. The van der Waals surface area contributed by atoms with E-state index in [1.165, 1.54) is 23.9 Å². The van der Waals surface area contributed by atoms with Gasteiger partial charge in [-0.2, -0.15) is 4.98 Å². The van der Waals surface area contributed by atoms with Gasteiger partial charge >= 0.3 is 0 Å². The fourth-order valence-corrected chi connectivity index (χ4v) is 2.32. The van der Waals surface area contributed by atoms with Gasteiger partial charge in [0.1, 0.15) is 0 Å². The van der Waals surface area contributed by atoms with Crippen molar-refractivity contribution in [2.24, 2.45) is 0 Å². The van der Waals surface area contributed by atoms with Crippen LogP contribution in [0, 0.1) is 0 Å². The first-order chi connectivity index (χ1) is 8.43. The first-order valence-corrected chi connectivity index (χ1v) is 5.97. The van der Waals surface area contributed by atoms with Crippen LogP contribution >= 0.6 is 0 Å². The third kappa shape index (κ3) is 2.22. The third-order valence-electron chi connectivity index (χ3n) is 3.27. The fourth-order valence-electron chi connectivity index (χ4n) is 2.32. The number of nitrogens with zero attached hydrogens (tertiary/aromatic N) is 2. The molecule has 1 aliphatic carbocycles. The number of hydrogen-bond donors (Lipinski definition) is 1. The highest BCUT2D eigenvalue weighted by atomic mass is 16.5. The Morgan fingerprint density at radius 1 is 1.35 bits per heavy atom. The second-order valence-electron chi connectivity index (χ2n) is 4.39. The number of rotatable bonds is 5. The molecule has 1 unspecified atom stereocenters. The molecule has 88 valence electrons. The number of aromatic nitrogens is 2. The molecule has 4 nitrogen and oxygen atoms in total. The molecule has 0 radical (unpaired) electrons. The maximum absolute atomic E-state index is 4.94. The summed E-state index contributed by atoms with van der Waals surface area (Å²) in [6, 6.07) is 8.66. The molecule has 3 rings (SSSR count). The summed E-state index contributed by atoms with van der Waals surface area (Å²) in [6.07, 6.45) is 3.44. The maximum Gasteiger partial charge on any atom is 0.227 e. The van der Waals surface area contributed by atoms with Gasteiger partial charge in [-0.25, -0.2) is 0 Å². The molecule has 1 N–H and O–H groups in total. The van der Waals surface area contributed by atoms with Gasteiger partial charge in [0, 0.05) is 25.4 Å². The predicted octanol–water partition coefficient (Wildman–Crippen LogP) is 1.54. The van der Waals surface area contributed by atoms with Crippen LogP contribution in [0.3, 0.4) is 0 Å². The maximum atomic E-state index is 4.94. The normalized spacial score (nSPS) is 17.5. The van der Waals surface area contributed by atoms with Gasteiger partial charge < -0.3 is 9.84 Å². The summed E-state index contributed by atoms with van der Waals surface area (Å²) in [5.74, 6) is 1.38. The summed E-state index contributed by atoms with van der Waals surface area (Å²) in [7, 11) is 0. The van der Waals surface area contributed by atoms with Crippen LogP contribution in [-0.2, 0) is 12.8 Å². The van der Waals surface area contributed by atoms with E-state index in [0.717, 1.165) is 19.5 Å². The highest BCUT2D eigenvalue weighted by Crippen LogP contribution is 2.33. The van der Waals surface area contributed by atoms with E-state index in [1.54, 1.807) is 0 Å². The van der Waals surface area contributed by atoms with Gasteiger partial charge in [-0.3, -0.25) is 0 Å². The summed E-state index contributed by atoms with van der Waals surface area (Å²) < 4.78 is 4.94. The van der Waals surface area contributed by atoms with Crippen molar-refractivity contribution in [3.05, 3.63) is 47.6 Å². The predicted molar refractivity (Wildman–Crippen MR) is 63.8 cm³/mol. The Labute approximate surface area is 100 Å². The lowest BCUT2D eigenvalue weighted by Crippen LogP contribution is -2.30. The van der Waals surface area contributed by atoms with Crippen LogP contribution in [0.1, 0.15) is 22.9 Å². The van der Waals surface area contributed by atoms with Crippen LogP contribution in [0.25, 0.3) is 0 Å². The summed E-state index contributed by atoms with van der Waals surface area (Å²) in [6.45, 7) is 1.92. The second-order valence-corrected chi connectivity index (χ2v) is 4.39. The van der Waals surface area contributed by atoms with Gasteiger partial charge in [-0.1, -0.05) is 29.4 Å². The molecule has 0 aliphatic heterocycles. The van der Waals surface area contributed by atoms with Gasteiger partial charge in [-0.05, 0) is 17.5 Å². The van der Waals surface area contributed by atoms with Gasteiger partial charge in [0.15, 0.2) is 6.33 Å². The van der Waals surface area contributed by atoms with Crippen molar-refractivity contribution in [3.8, 4) is 0 Å². The van der Waals surface area contributed by atoms with E-state index in [9.17, 15) is 0 Å². The smallest absolute Gasteiger partial charge is 0.227 e. The van der Waals surface area contributed by atoms with Crippen molar-refractivity contribution in [1.82, 2.24) is 15.5 Å². The van der Waals surface area contributed by atoms with E-state index in [1.807, 2.05) is 0 Å². The second kappa shape index (κ2) is 4.67. The quantitative estimate of drug-likeness (QED) is 0.790. The Balaban J connectivity index is 1.42. The molecule has 0 saturated carbocycles. The molecular weight excluding hydrogens is 214 g/mol. The summed E-state index contributed by atoms with van der Waals surface area (Å²) in [4.78, 5) is 3.99. The molecule has 0 bridgehead atoms. The average molecular weight is 229 g/mol. The van der Waals surface area contributed by atoms with Gasteiger partial charge in [-0.15, -0.1) is 0 Å². The average Bonchev–Trinajstić information content (AvgIpc) is 2.82. The van der Waals surface area contributed by atoms with Crippen LogP contribution in [0.5, 0.6) is 0 Å². The fraction of sp³-hybridized carbons (Fsp3) is 0.385. The summed E-state index contributed by atoms with van der Waals surface area (Å²) in [5.41, 5.74) is 2.99. The van der Waals surface area contributed by atoms with Crippen molar-refractivity contribution >= 4 is 0 Å². The number of benzene rings is 1. The van der Waals surface area contributed by atoms with E-state index in [4.69, 9.17) is 4.52 Å². The molecule has 0 saturated heterocycles. The van der Waals surface area contributed by atoms with Crippen LogP contribution in [0.4, 0.5) is 0 Å². The largest absolute Gasteiger partial charge is 0.340 e. The minimum absolute atomic E-state index is 0.675. The lowest BCUT2D eigenvalue weighted by Gasteiger charge is -2.30. The first-order valence-electron chi connectivity index (χ1n) is 5.97. The Morgan fingerprint density at radius 3 is 3.12 bits per heavy atom. The molecule has 1 atom stereocenters. The molecule has 1 aliphatic rings. The van der Waals surface area contributed by atoms with Gasteiger partial charge in [0.2, 0.25) is 5.89 Å². The minimum Gasteiger partial charge on any atom is -0.340 e. The zero-order valence-corrected chi connectivity index (χ0v) is 9.60. The Bertz CT molecular complexity index is 481. The highest BCUT2D eigenvalue weighted by Gasteiger charge is 2.24. The lowest BCUT2D eigenvalue weighted by molar-refractivity contribution is 0.373. The molecular formula is C13H15N3O. The van der Waals surface area contributed by atoms with E-state index in [-0.39, 0.29) is 0 Å². The van der Waals surface area contributed by atoms with Crippen LogP contribution in [-0.4, -0.2) is 23.2 Å². The lowest BCUT2D eigenvalue weighted by atomic mass is 9.77. The SMILES string of the molecule is c1ccc2c(c1)CC2CNCCc1ncno1. The molecule has 0 spiro atoms. The number of hydrogen-bond acceptors (Lipinski definition) is 4. The molecule has 0 fully saturated rings. The van der Waals surface area contributed by atoms with Crippen molar-refractivity contribution in [3.63, 3.8) is 0 Å². The van der Waals surface area contributed by atoms with E-state index >= 15 is 0 Å². The van der Waals surface area contributed by atoms with Crippen molar-refractivity contribution < 1.29 is 4.52 Å². The molecule has 1 aromatic heterocycles. The van der Waals surface area contributed by atoms with Crippen LogP contribution < -0.4 is 5.32 Å². The monoisotopic (exact) mass is 229 g/mol. The third-order valence-corrected chi connectivity index (χ3v) is 3.27. The summed E-state index contributed by atoms with van der Waals surface area (Å²) in [5, 5.41) is 7.02. The minimum atomic E-state index is 0.675. The molecule has 17 heavy (non-hydrogen) atoms. The molecule has 0 amide bonds. The molecule has 1 heterocycles. The van der Waals surface area contributed by atoms with Crippen LogP contribution in [0.2, 0.25) is 0 Å². The molecule has 4 heteroatoms. The van der Waals surface area contributed by atoms with Crippen molar-refractivity contribution in [1.29, 1.82) is 0 Å².